The highest BCUT2D eigenvalue weighted by atomic mass is 16.5. The second-order valence-electron chi connectivity index (χ2n) is 1.41. The zero-order valence-corrected chi connectivity index (χ0v) is 4.97. The number of carbonyl (C=O) groups excluding carboxylic acids is 1. The summed E-state index contributed by atoms with van der Waals surface area (Å²) in [4.78, 5) is 10.4. The number of nitrogens with two attached hydrogens (primary N) is 1. The Morgan fingerprint density at radius 2 is 2.38 bits per heavy atom. The van der Waals surface area contributed by atoms with Crippen LogP contribution in [0.25, 0.3) is 0 Å². The van der Waals surface area contributed by atoms with Gasteiger partial charge in [0, 0.05) is 0 Å². The van der Waals surface area contributed by atoms with Crippen LogP contribution in [0.15, 0.2) is 0 Å². The van der Waals surface area contributed by atoms with Gasteiger partial charge in [-0.15, -0.1) is 0 Å². The van der Waals surface area contributed by atoms with Crippen LogP contribution in [0, 0.1) is 0 Å². The second-order valence-corrected chi connectivity index (χ2v) is 1.41. The normalized spacial score (nSPS) is 12.9. The molecule has 0 saturated carbocycles. The maximum absolute atomic E-state index is 10.4. The molecule has 0 rings (SSSR count). The molecule has 0 fully saturated rings. The number of hydrogen-bond acceptors (Lipinski definition) is 4. The molecule has 0 amide bonds. The van der Waals surface area contributed by atoms with Gasteiger partial charge in [0.2, 0.25) is 0 Å². The van der Waals surface area contributed by atoms with Crippen molar-refractivity contribution >= 4 is 5.97 Å². The van der Waals surface area contributed by atoms with E-state index in [1.165, 1.54) is 7.11 Å². The zero-order chi connectivity index (χ0) is 6.57. The van der Waals surface area contributed by atoms with E-state index >= 15 is 0 Å². The van der Waals surface area contributed by atoms with Gasteiger partial charge in [-0.1, -0.05) is 0 Å². The van der Waals surface area contributed by atoms with Crippen LogP contribution in [0.3, 0.4) is 0 Å². The fourth-order valence-corrected chi connectivity index (χ4v) is 0.245. The molecule has 4 nitrogen and oxygen atoms in total. The van der Waals surface area contributed by atoms with Gasteiger partial charge >= 0.3 is 5.97 Å². The van der Waals surface area contributed by atoms with Crippen molar-refractivity contribution in [3.8, 4) is 0 Å². The minimum absolute atomic E-state index is 0.354. The number of hydrogen-bond donors (Lipinski definition) is 2. The summed E-state index contributed by atoms with van der Waals surface area (Å²) < 4.78 is 4.32. The molecule has 0 aliphatic carbocycles. The summed E-state index contributed by atoms with van der Waals surface area (Å²) in [7, 11) is 1.32. The van der Waals surface area contributed by atoms with E-state index in [9.17, 15) is 4.79 Å². The minimum Gasteiger partial charge on any atom is -0.468 e. The van der Waals surface area contributed by atoms with Crippen molar-refractivity contribution in [1.82, 2.24) is 5.43 Å². The fourth-order valence-electron chi connectivity index (χ4n) is 0.245. The number of hydrazine groups is 1. The summed E-state index contributed by atoms with van der Waals surface area (Å²) in [6.45, 7) is 1.62. The molecule has 8 heavy (non-hydrogen) atoms. The summed E-state index contributed by atoms with van der Waals surface area (Å²) in [5, 5.41) is 0. The molecular weight excluding hydrogens is 108 g/mol. The number of methoxy groups -OCH3 is 1. The highest BCUT2D eigenvalue weighted by molar-refractivity contribution is 5.74. The van der Waals surface area contributed by atoms with E-state index in [-0.39, 0.29) is 5.97 Å². The van der Waals surface area contributed by atoms with Crippen molar-refractivity contribution in [1.29, 1.82) is 0 Å². The lowest BCUT2D eigenvalue weighted by Crippen LogP contribution is -2.39. The van der Waals surface area contributed by atoms with Gasteiger partial charge in [0.25, 0.3) is 0 Å². The molecule has 0 saturated heterocycles. The fraction of sp³-hybridized carbons (Fsp3) is 0.750. The van der Waals surface area contributed by atoms with Gasteiger partial charge in [-0.25, -0.2) is 5.43 Å². The van der Waals surface area contributed by atoms with E-state index in [0.717, 1.165) is 0 Å². The van der Waals surface area contributed by atoms with Crippen molar-refractivity contribution in [2.45, 2.75) is 13.0 Å². The van der Waals surface area contributed by atoms with Crippen molar-refractivity contribution in [2.75, 3.05) is 7.11 Å². The van der Waals surface area contributed by atoms with Gasteiger partial charge in [-0.3, -0.25) is 10.6 Å². The van der Waals surface area contributed by atoms with Crippen LogP contribution in [-0.4, -0.2) is 19.1 Å². The molecule has 0 bridgehead atoms. The Kier molecular flexibility index (Phi) is 3.14. The van der Waals surface area contributed by atoms with Crippen molar-refractivity contribution in [3.05, 3.63) is 0 Å². The molecule has 4 heteroatoms. The van der Waals surface area contributed by atoms with E-state index in [0.29, 0.717) is 0 Å². The Bertz CT molecular complexity index is 84.1. The predicted molar refractivity (Wildman–Crippen MR) is 28.8 cm³/mol. The van der Waals surface area contributed by atoms with Gasteiger partial charge in [0.15, 0.2) is 0 Å². The standard InChI is InChI=1S/C4H10N2O2/c1-3(6-5)4(7)8-2/h3,6H,5H2,1-2H3. The third-order valence-electron chi connectivity index (χ3n) is 0.805. The van der Waals surface area contributed by atoms with Gasteiger partial charge in [-0.2, -0.15) is 0 Å². The van der Waals surface area contributed by atoms with Crippen LogP contribution in [-0.2, 0) is 9.53 Å². The van der Waals surface area contributed by atoms with Crippen molar-refractivity contribution < 1.29 is 9.53 Å². The lowest BCUT2D eigenvalue weighted by molar-refractivity contribution is -0.142. The largest absolute Gasteiger partial charge is 0.468 e. The quantitative estimate of drug-likeness (QED) is 0.277. The van der Waals surface area contributed by atoms with Crippen molar-refractivity contribution in [3.63, 3.8) is 0 Å². The van der Waals surface area contributed by atoms with E-state index in [1.54, 1.807) is 6.92 Å². The van der Waals surface area contributed by atoms with Crippen LogP contribution < -0.4 is 11.3 Å². The maximum atomic E-state index is 10.4. The summed E-state index contributed by atoms with van der Waals surface area (Å²) in [6.07, 6.45) is 0. The summed E-state index contributed by atoms with van der Waals surface area (Å²) in [5.41, 5.74) is 2.24. The van der Waals surface area contributed by atoms with Crippen LogP contribution in [0.5, 0.6) is 0 Å². The molecule has 0 aromatic heterocycles. The number of carbonyl (C=O) groups is 1. The van der Waals surface area contributed by atoms with Crippen LogP contribution in [0.4, 0.5) is 0 Å². The number of rotatable bonds is 2. The summed E-state index contributed by atoms with van der Waals surface area (Å²) in [5.74, 6) is 4.54. The first-order valence-corrected chi connectivity index (χ1v) is 2.26. The first-order valence-electron chi connectivity index (χ1n) is 2.26. The molecule has 1 atom stereocenters. The van der Waals surface area contributed by atoms with E-state index < -0.39 is 6.04 Å². The molecule has 0 heterocycles. The maximum Gasteiger partial charge on any atom is 0.323 e. The monoisotopic (exact) mass is 118 g/mol. The number of ether oxygens (including phenoxy) is 1. The van der Waals surface area contributed by atoms with Crippen LogP contribution in [0.1, 0.15) is 6.92 Å². The molecule has 3 N–H and O–H groups in total. The second kappa shape index (κ2) is 3.40. The Morgan fingerprint density at radius 1 is 1.88 bits per heavy atom. The van der Waals surface area contributed by atoms with Gasteiger partial charge in [-0.05, 0) is 6.92 Å². The smallest absolute Gasteiger partial charge is 0.323 e. The number of nitrogens with one attached hydrogen (secondary N) is 1. The highest BCUT2D eigenvalue weighted by Gasteiger charge is 2.08. The van der Waals surface area contributed by atoms with Gasteiger partial charge < -0.3 is 4.74 Å². The average Bonchev–Trinajstić information content (AvgIpc) is 1.84. The first-order chi connectivity index (χ1) is 3.72. The molecule has 0 radical (unpaired) electrons. The van der Waals surface area contributed by atoms with Gasteiger partial charge in [0.1, 0.15) is 6.04 Å². The van der Waals surface area contributed by atoms with Crippen LogP contribution >= 0.6 is 0 Å². The molecule has 0 spiro atoms. The lowest BCUT2D eigenvalue weighted by Gasteiger charge is -2.04. The minimum atomic E-state index is -0.417. The predicted octanol–water partition coefficient (Wildman–Crippen LogP) is -0.989. The lowest BCUT2D eigenvalue weighted by atomic mass is 10.4. The summed E-state index contributed by atoms with van der Waals surface area (Å²) in [6, 6.07) is -0.417. The molecule has 48 valence electrons. The highest BCUT2D eigenvalue weighted by Crippen LogP contribution is 1.80. The number of esters is 1. The third kappa shape index (κ3) is 1.90. The molecule has 0 aromatic carbocycles. The Morgan fingerprint density at radius 3 is 2.50 bits per heavy atom. The SMILES string of the molecule is COC(=O)C(C)NN. The molecular formula is C4H10N2O2. The Balaban J connectivity index is 3.46. The third-order valence-corrected chi connectivity index (χ3v) is 0.805. The first kappa shape index (κ1) is 7.39. The summed E-state index contributed by atoms with van der Waals surface area (Å²) >= 11 is 0. The molecule has 0 aromatic rings. The Hall–Kier alpha value is -0.610. The average molecular weight is 118 g/mol. The Labute approximate surface area is 48.0 Å². The van der Waals surface area contributed by atoms with Gasteiger partial charge in [0.05, 0.1) is 7.11 Å². The van der Waals surface area contributed by atoms with E-state index in [1.807, 2.05) is 0 Å². The van der Waals surface area contributed by atoms with E-state index in [4.69, 9.17) is 5.84 Å². The van der Waals surface area contributed by atoms with E-state index in [2.05, 4.69) is 10.2 Å². The molecule has 0 aliphatic rings. The topological polar surface area (TPSA) is 64.3 Å². The molecule has 0 aliphatic heterocycles. The van der Waals surface area contributed by atoms with Crippen LogP contribution in [0.2, 0.25) is 0 Å². The zero-order valence-electron chi connectivity index (χ0n) is 4.97. The van der Waals surface area contributed by atoms with Crippen molar-refractivity contribution in [2.24, 2.45) is 5.84 Å². The molecule has 1 unspecified atom stereocenters.